The van der Waals surface area contributed by atoms with Gasteiger partial charge in [0.15, 0.2) is 0 Å². The topological polar surface area (TPSA) is 97.9 Å². The average Bonchev–Trinajstić information content (AvgIpc) is 2.95. The van der Waals surface area contributed by atoms with Gasteiger partial charge in [-0.2, -0.15) is 0 Å². The number of benzene rings is 2. The summed E-state index contributed by atoms with van der Waals surface area (Å²) < 4.78 is 20.6. The summed E-state index contributed by atoms with van der Waals surface area (Å²) in [5.41, 5.74) is 12.4. The van der Waals surface area contributed by atoms with Crippen molar-refractivity contribution in [1.82, 2.24) is 15.3 Å². The van der Waals surface area contributed by atoms with Crippen molar-refractivity contribution in [2.45, 2.75) is 18.6 Å². The number of aromatic nitrogens is 2. The summed E-state index contributed by atoms with van der Waals surface area (Å²) in [5, 5.41) is 8.66. The van der Waals surface area contributed by atoms with Crippen LogP contribution in [0.5, 0.6) is 0 Å². The van der Waals surface area contributed by atoms with Crippen LogP contribution in [-0.4, -0.2) is 61.7 Å². The van der Waals surface area contributed by atoms with Gasteiger partial charge in [0, 0.05) is 65.2 Å². The molecule has 2 atom stereocenters. The maximum atomic E-state index is 14.5. The summed E-state index contributed by atoms with van der Waals surface area (Å²) in [6.45, 7) is 3.04. The molecule has 2 aromatic carbocycles. The van der Waals surface area contributed by atoms with Gasteiger partial charge in [0.05, 0.1) is 41.5 Å². The van der Waals surface area contributed by atoms with Gasteiger partial charge in [0.1, 0.15) is 12.9 Å². The fraction of sp³-hybridized carbons (Fsp3) is 0.276. The first kappa shape index (κ1) is 25.5. The smallest absolute Gasteiger partial charge is 0.125 e. The van der Waals surface area contributed by atoms with Gasteiger partial charge in [-0.1, -0.05) is 22.8 Å². The molecular formula is C29H28ClFN6O2. The Hall–Kier alpha value is -3.79. The molecule has 0 aliphatic carbocycles. The predicted molar refractivity (Wildman–Crippen MR) is 153 cm³/mol. The van der Waals surface area contributed by atoms with Crippen molar-refractivity contribution in [2.24, 2.45) is 5.16 Å². The number of pyridine rings is 2. The van der Waals surface area contributed by atoms with E-state index in [0.29, 0.717) is 46.7 Å². The van der Waals surface area contributed by atoms with E-state index in [1.807, 2.05) is 18.2 Å². The van der Waals surface area contributed by atoms with E-state index in [2.05, 4.69) is 20.4 Å². The molecule has 2 aromatic heterocycles. The molecule has 4 heterocycles. The number of hydrogen-bond acceptors (Lipinski definition) is 8. The van der Waals surface area contributed by atoms with E-state index in [0.717, 1.165) is 47.2 Å². The third-order valence-corrected chi connectivity index (χ3v) is 7.54. The second kappa shape index (κ2) is 10.8. The largest absolute Gasteiger partial charge is 0.399 e. The number of piperidine rings is 1. The van der Waals surface area contributed by atoms with Crippen molar-refractivity contribution < 1.29 is 14.0 Å². The van der Waals surface area contributed by atoms with Gasteiger partial charge in [-0.15, -0.1) is 0 Å². The van der Waals surface area contributed by atoms with Gasteiger partial charge < -0.3 is 25.5 Å². The molecule has 0 unspecified atom stereocenters. The first-order valence-corrected chi connectivity index (χ1v) is 13.2. The summed E-state index contributed by atoms with van der Waals surface area (Å²) >= 11 is 6.28. The van der Waals surface area contributed by atoms with E-state index in [4.69, 9.17) is 31.9 Å². The van der Waals surface area contributed by atoms with Gasteiger partial charge >= 0.3 is 0 Å². The average molecular weight is 547 g/mol. The number of nitrogens with two attached hydrogens (primary N) is 1. The third kappa shape index (κ3) is 5.01. The van der Waals surface area contributed by atoms with Crippen LogP contribution in [0.3, 0.4) is 0 Å². The molecule has 0 spiro atoms. The van der Waals surface area contributed by atoms with Crippen molar-refractivity contribution in [2.75, 3.05) is 44.0 Å². The highest BCUT2D eigenvalue weighted by Crippen LogP contribution is 2.41. The van der Waals surface area contributed by atoms with E-state index in [1.165, 1.54) is 19.2 Å². The molecule has 0 amide bonds. The predicted octanol–water partition coefficient (Wildman–Crippen LogP) is 4.89. The Labute approximate surface area is 230 Å². The van der Waals surface area contributed by atoms with E-state index < -0.39 is 5.82 Å². The lowest BCUT2D eigenvalue weighted by molar-refractivity contribution is -0.00896. The van der Waals surface area contributed by atoms with Crippen molar-refractivity contribution in [1.29, 1.82) is 0 Å². The minimum absolute atomic E-state index is 0.0527. The van der Waals surface area contributed by atoms with E-state index in [-0.39, 0.29) is 6.10 Å². The lowest BCUT2D eigenvalue weighted by Gasteiger charge is -2.43. The number of nitrogens with one attached hydrogen (secondary N) is 1. The summed E-state index contributed by atoms with van der Waals surface area (Å²) in [6, 6.07) is 12.6. The van der Waals surface area contributed by atoms with Crippen LogP contribution in [0.1, 0.15) is 12.0 Å². The zero-order chi connectivity index (χ0) is 26.9. The van der Waals surface area contributed by atoms with Crippen molar-refractivity contribution >= 4 is 40.1 Å². The Morgan fingerprint density at radius 1 is 1.21 bits per heavy atom. The van der Waals surface area contributed by atoms with E-state index in [9.17, 15) is 4.39 Å². The highest BCUT2D eigenvalue weighted by Gasteiger charge is 2.33. The molecule has 3 N–H and O–H groups in total. The Morgan fingerprint density at radius 3 is 2.95 bits per heavy atom. The number of nitrogens with zero attached hydrogens (tertiary/aromatic N) is 4. The maximum absolute atomic E-state index is 14.5. The highest BCUT2D eigenvalue weighted by atomic mass is 35.5. The molecule has 2 saturated heterocycles. The summed E-state index contributed by atoms with van der Waals surface area (Å²) in [7, 11) is 1.48. The molecule has 200 valence electrons. The van der Waals surface area contributed by atoms with Crippen LogP contribution in [0.15, 0.2) is 60.0 Å². The number of morpholine rings is 1. The van der Waals surface area contributed by atoms with Crippen LogP contribution in [0, 0.1) is 5.82 Å². The van der Waals surface area contributed by atoms with Crippen molar-refractivity contribution in [3.05, 3.63) is 71.3 Å². The van der Waals surface area contributed by atoms with E-state index in [1.54, 1.807) is 30.7 Å². The Morgan fingerprint density at radius 2 is 2.10 bits per heavy atom. The van der Waals surface area contributed by atoms with Crippen LogP contribution in [0.4, 0.5) is 15.8 Å². The molecule has 0 radical (unpaired) electrons. The van der Waals surface area contributed by atoms with Gasteiger partial charge in [0.2, 0.25) is 0 Å². The second-order valence-electron chi connectivity index (χ2n) is 9.69. The zero-order valence-electron chi connectivity index (χ0n) is 21.4. The fourth-order valence-electron chi connectivity index (χ4n) is 5.50. The van der Waals surface area contributed by atoms with Gasteiger partial charge in [-0.25, -0.2) is 4.39 Å². The van der Waals surface area contributed by atoms with Gasteiger partial charge in [-0.3, -0.25) is 9.97 Å². The lowest BCUT2D eigenvalue weighted by atomic mass is 9.95. The molecule has 2 fully saturated rings. The van der Waals surface area contributed by atoms with Crippen molar-refractivity contribution in [3.8, 4) is 22.4 Å². The molecule has 39 heavy (non-hydrogen) atoms. The van der Waals surface area contributed by atoms with Crippen LogP contribution in [-0.2, 0) is 9.57 Å². The first-order chi connectivity index (χ1) is 19.0. The number of rotatable bonds is 5. The summed E-state index contributed by atoms with van der Waals surface area (Å²) in [5.74, 6) is -0.401. The molecule has 0 bridgehead atoms. The highest BCUT2D eigenvalue weighted by molar-refractivity contribution is 6.31. The monoisotopic (exact) mass is 546 g/mol. The number of fused-ring (bicyclic) bond motifs is 2. The number of oxime groups is 1. The minimum Gasteiger partial charge on any atom is -0.399 e. The Bertz CT molecular complexity index is 1540. The molecule has 10 heteroatoms. The summed E-state index contributed by atoms with van der Waals surface area (Å²) in [6.07, 6.45) is 6.02. The van der Waals surface area contributed by atoms with Crippen LogP contribution in [0.2, 0.25) is 5.02 Å². The van der Waals surface area contributed by atoms with Gasteiger partial charge in [-0.05, 0) is 48.4 Å². The number of hydrogen-bond donors (Lipinski definition) is 2. The number of nitrogen functional groups attached to an aromatic ring is 1. The van der Waals surface area contributed by atoms with Crippen LogP contribution in [0.25, 0.3) is 33.3 Å². The fourth-order valence-corrected chi connectivity index (χ4v) is 5.73. The van der Waals surface area contributed by atoms with Crippen LogP contribution >= 0.6 is 11.6 Å². The minimum atomic E-state index is -0.401. The third-order valence-electron chi connectivity index (χ3n) is 7.32. The SMILES string of the molecule is CO/N=C/c1ccnc(-c2ccc3ncc(-c4cc(F)cc(Cl)c4)c(N4CC[C@@H]5NCCO[C@H]5C4)c3c2)c1N. The van der Waals surface area contributed by atoms with Crippen LogP contribution < -0.4 is 16.0 Å². The summed E-state index contributed by atoms with van der Waals surface area (Å²) in [4.78, 5) is 16.5. The van der Waals surface area contributed by atoms with E-state index >= 15 is 0 Å². The van der Waals surface area contributed by atoms with Crippen molar-refractivity contribution in [3.63, 3.8) is 0 Å². The molecule has 8 nitrogen and oxygen atoms in total. The molecule has 2 aliphatic heterocycles. The zero-order valence-corrected chi connectivity index (χ0v) is 22.2. The standard InChI is InChI=1S/C29H28ClFN6O2/c1-38-36-14-18-4-6-34-28(27(18)32)17-2-3-24-22(12-17)29(37-8-5-25-26(16-37)39-9-7-33-25)23(15-35-24)19-10-20(30)13-21(31)11-19/h2-4,6,10-15,25-26,33H,5,7-9,16,32H2,1H3/b36-14+/t25-,26-/m0/s1. The quantitative estimate of drug-likeness (QED) is 0.272. The molecule has 6 rings (SSSR count). The van der Waals surface area contributed by atoms with Gasteiger partial charge in [0.25, 0.3) is 0 Å². The number of anilines is 2. The Balaban J connectivity index is 1.53. The molecule has 0 saturated carbocycles. The normalized spacial score (nSPS) is 19.4. The first-order valence-electron chi connectivity index (χ1n) is 12.8. The second-order valence-corrected chi connectivity index (χ2v) is 10.1. The molecular weight excluding hydrogens is 519 g/mol. The number of ether oxygens (including phenoxy) is 1. The lowest BCUT2D eigenvalue weighted by Crippen LogP contribution is -2.57. The molecule has 2 aliphatic rings. The molecule has 4 aromatic rings. The number of halogens is 2. The Kier molecular flexibility index (Phi) is 7.03. The maximum Gasteiger partial charge on any atom is 0.125 e.